The molecule has 0 fully saturated rings. The molecule has 228 valence electrons. The predicted molar refractivity (Wildman–Crippen MR) is 164 cm³/mol. The number of urea groups is 1. The fraction of sp³-hybridized carbons (Fsp3) is 0.344. The van der Waals surface area contributed by atoms with E-state index in [1.807, 2.05) is 26.8 Å². The number of nitrogens with one attached hydrogen (secondary N) is 3. The Morgan fingerprint density at radius 1 is 1.07 bits per heavy atom. The van der Waals surface area contributed by atoms with Gasteiger partial charge in [-0.25, -0.2) is 9.59 Å². The van der Waals surface area contributed by atoms with E-state index in [-0.39, 0.29) is 12.2 Å². The van der Waals surface area contributed by atoms with Crippen LogP contribution in [0.1, 0.15) is 53.5 Å². The van der Waals surface area contributed by atoms with E-state index in [0.29, 0.717) is 29.4 Å². The third-order valence-electron chi connectivity index (χ3n) is 7.32. The monoisotopic (exact) mass is 589 g/mol. The standard InChI is InChI=1S/C32H39N5O6/c1-8-42-27-15-23(30-29(31(39)41-7)21(5)34-32(40)35-30)10-12-26(27)43-17-28(38)36-33-16-24-14-20(4)37(22(24)6)25-11-9-18(2)19(3)13-25/h9-16,28,30,36,38H,8,17H2,1-7H3,(H2,34,35,40)/b33-16-/t28-,30-/m0/s1. The highest BCUT2D eigenvalue weighted by atomic mass is 16.5. The van der Waals surface area contributed by atoms with Gasteiger partial charge in [-0.1, -0.05) is 12.1 Å². The highest BCUT2D eigenvalue weighted by Crippen LogP contribution is 2.35. The van der Waals surface area contributed by atoms with E-state index >= 15 is 0 Å². The Morgan fingerprint density at radius 3 is 2.53 bits per heavy atom. The number of aryl methyl sites for hydroxylation is 3. The fourth-order valence-electron chi connectivity index (χ4n) is 5.00. The first-order chi connectivity index (χ1) is 20.5. The van der Waals surface area contributed by atoms with Crippen LogP contribution in [0.4, 0.5) is 4.79 Å². The molecular formula is C32H39N5O6. The van der Waals surface area contributed by atoms with Crippen molar-refractivity contribution in [3.63, 3.8) is 0 Å². The number of hydrazone groups is 1. The number of methoxy groups -OCH3 is 1. The summed E-state index contributed by atoms with van der Waals surface area (Å²) < 4.78 is 18.7. The van der Waals surface area contributed by atoms with Crippen LogP contribution in [0.15, 0.2) is 58.8 Å². The maximum Gasteiger partial charge on any atom is 0.337 e. The number of benzene rings is 2. The molecule has 4 rings (SSSR count). The number of rotatable bonds is 11. The molecule has 0 aliphatic carbocycles. The first-order valence-corrected chi connectivity index (χ1v) is 14.0. The molecule has 3 aromatic rings. The van der Waals surface area contributed by atoms with Crippen molar-refractivity contribution < 1.29 is 28.9 Å². The number of aromatic nitrogens is 1. The number of hydrogen-bond donors (Lipinski definition) is 4. The summed E-state index contributed by atoms with van der Waals surface area (Å²) in [5.41, 5.74) is 10.6. The highest BCUT2D eigenvalue weighted by molar-refractivity contribution is 5.95. The quantitative estimate of drug-likeness (QED) is 0.114. The minimum Gasteiger partial charge on any atom is -0.490 e. The number of carbonyl (C=O) groups is 2. The average Bonchev–Trinajstić information content (AvgIpc) is 3.25. The summed E-state index contributed by atoms with van der Waals surface area (Å²) in [6, 6.07) is 12.3. The van der Waals surface area contributed by atoms with Gasteiger partial charge in [-0.2, -0.15) is 5.10 Å². The lowest BCUT2D eigenvalue weighted by atomic mass is 9.95. The second kappa shape index (κ2) is 13.5. The first kappa shape index (κ1) is 31.2. The Kier molecular flexibility index (Phi) is 9.77. The van der Waals surface area contributed by atoms with Crippen molar-refractivity contribution in [3.05, 3.63) is 87.4 Å². The maximum absolute atomic E-state index is 12.4. The van der Waals surface area contributed by atoms with Crippen LogP contribution in [0.2, 0.25) is 0 Å². The van der Waals surface area contributed by atoms with Crippen LogP contribution >= 0.6 is 0 Å². The van der Waals surface area contributed by atoms with Crippen molar-refractivity contribution in [1.82, 2.24) is 20.6 Å². The van der Waals surface area contributed by atoms with Gasteiger partial charge in [0.1, 0.15) is 6.61 Å². The van der Waals surface area contributed by atoms with Gasteiger partial charge in [0.15, 0.2) is 17.7 Å². The summed E-state index contributed by atoms with van der Waals surface area (Å²) in [7, 11) is 1.28. The summed E-state index contributed by atoms with van der Waals surface area (Å²) in [6.07, 6.45) is 0.569. The number of esters is 1. The van der Waals surface area contributed by atoms with Crippen LogP contribution in [0.25, 0.3) is 5.69 Å². The normalized spacial score (nSPS) is 15.6. The summed E-state index contributed by atoms with van der Waals surface area (Å²) in [5, 5.41) is 20.1. The van der Waals surface area contributed by atoms with Gasteiger partial charge in [-0.15, -0.1) is 0 Å². The van der Waals surface area contributed by atoms with Crippen LogP contribution in [-0.4, -0.2) is 54.4 Å². The molecule has 0 unspecified atom stereocenters. The number of aliphatic hydroxyl groups is 1. The number of carbonyl (C=O) groups excluding carboxylic acids is 2. The lowest BCUT2D eigenvalue weighted by molar-refractivity contribution is -0.136. The summed E-state index contributed by atoms with van der Waals surface area (Å²) in [6.45, 7) is 12.0. The van der Waals surface area contributed by atoms with E-state index in [1.165, 1.54) is 18.2 Å². The van der Waals surface area contributed by atoms with E-state index in [0.717, 1.165) is 22.6 Å². The SMILES string of the molecule is CCOc1cc([C@@H]2NC(=O)NC(C)=C2C(=O)OC)ccc1OC[C@H](O)N/N=C\c1cc(C)n(-c2ccc(C)c(C)c2)c1C. The van der Waals surface area contributed by atoms with E-state index in [2.05, 4.69) is 57.8 Å². The Bertz CT molecular complexity index is 1570. The number of nitrogens with zero attached hydrogens (tertiary/aromatic N) is 2. The second-order valence-electron chi connectivity index (χ2n) is 10.3. The topological polar surface area (TPSA) is 135 Å². The number of amides is 2. The average molecular weight is 590 g/mol. The van der Waals surface area contributed by atoms with Gasteiger partial charge in [0.2, 0.25) is 0 Å². The van der Waals surface area contributed by atoms with E-state index in [9.17, 15) is 14.7 Å². The summed E-state index contributed by atoms with van der Waals surface area (Å²) >= 11 is 0. The van der Waals surface area contributed by atoms with Crippen LogP contribution in [0, 0.1) is 27.7 Å². The Morgan fingerprint density at radius 2 is 1.84 bits per heavy atom. The molecule has 11 nitrogen and oxygen atoms in total. The van der Waals surface area contributed by atoms with Crippen molar-refractivity contribution in [1.29, 1.82) is 0 Å². The Labute approximate surface area is 251 Å². The molecule has 0 saturated heterocycles. The molecule has 43 heavy (non-hydrogen) atoms. The van der Waals surface area contributed by atoms with Crippen LogP contribution < -0.4 is 25.5 Å². The number of allylic oxidation sites excluding steroid dienone is 1. The van der Waals surface area contributed by atoms with Gasteiger partial charge < -0.3 is 34.5 Å². The smallest absolute Gasteiger partial charge is 0.337 e. The molecule has 1 aromatic heterocycles. The third kappa shape index (κ3) is 7.00. The number of aliphatic hydroxyl groups excluding tert-OH is 1. The molecule has 0 spiro atoms. The molecule has 11 heteroatoms. The molecule has 1 aliphatic heterocycles. The van der Waals surface area contributed by atoms with Crippen molar-refractivity contribution in [2.45, 2.75) is 53.8 Å². The molecule has 0 bridgehead atoms. The lowest BCUT2D eigenvalue weighted by Crippen LogP contribution is -2.45. The van der Waals surface area contributed by atoms with Crippen molar-refractivity contribution in [3.8, 4) is 17.2 Å². The van der Waals surface area contributed by atoms with E-state index in [1.54, 1.807) is 31.3 Å². The Hall–Kier alpha value is -4.77. The maximum atomic E-state index is 12.4. The third-order valence-corrected chi connectivity index (χ3v) is 7.32. The molecule has 0 radical (unpaired) electrons. The number of hydrogen-bond acceptors (Lipinski definition) is 8. The Balaban J connectivity index is 1.43. The van der Waals surface area contributed by atoms with Gasteiger partial charge in [-0.05, 0) is 88.6 Å². The summed E-state index contributed by atoms with van der Waals surface area (Å²) in [5.74, 6) is 0.215. The van der Waals surface area contributed by atoms with E-state index < -0.39 is 24.3 Å². The van der Waals surface area contributed by atoms with Crippen LogP contribution in [-0.2, 0) is 9.53 Å². The van der Waals surface area contributed by atoms with Crippen LogP contribution in [0.5, 0.6) is 11.5 Å². The minimum atomic E-state index is -1.10. The second-order valence-corrected chi connectivity index (χ2v) is 10.3. The first-order valence-electron chi connectivity index (χ1n) is 14.0. The van der Waals surface area contributed by atoms with Crippen molar-refractivity contribution in [2.24, 2.45) is 5.10 Å². The fourth-order valence-corrected chi connectivity index (χ4v) is 5.00. The zero-order chi connectivity index (χ0) is 31.3. The van der Waals surface area contributed by atoms with Gasteiger partial charge in [0.25, 0.3) is 0 Å². The molecule has 2 amide bonds. The zero-order valence-electron chi connectivity index (χ0n) is 25.6. The largest absolute Gasteiger partial charge is 0.490 e. The van der Waals surface area contributed by atoms with Crippen LogP contribution in [0.3, 0.4) is 0 Å². The van der Waals surface area contributed by atoms with Gasteiger partial charge in [0.05, 0.1) is 31.5 Å². The number of ether oxygens (including phenoxy) is 3. The van der Waals surface area contributed by atoms with Gasteiger partial charge in [-0.3, -0.25) is 5.43 Å². The minimum absolute atomic E-state index is 0.116. The molecule has 2 heterocycles. The predicted octanol–water partition coefficient (Wildman–Crippen LogP) is 4.23. The lowest BCUT2D eigenvalue weighted by Gasteiger charge is -2.28. The molecule has 0 saturated carbocycles. The molecule has 2 atom stereocenters. The molecule has 1 aliphatic rings. The van der Waals surface area contributed by atoms with Crippen molar-refractivity contribution in [2.75, 3.05) is 20.3 Å². The van der Waals surface area contributed by atoms with E-state index in [4.69, 9.17) is 14.2 Å². The van der Waals surface area contributed by atoms with Crippen molar-refractivity contribution >= 4 is 18.2 Å². The molecule has 4 N–H and O–H groups in total. The highest BCUT2D eigenvalue weighted by Gasteiger charge is 2.32. The molecule has 2 aromatic carbocycles. The van der Waals surface area contributed by atoms with Gasteiger partial charge >= 0.3 is 12.0 Å². The summed E-state index contributed by atoms with van der Waals surface area (Å²) in [4.78, 5) is 24.6. The molecular weight excluding hydrogens is 550 g/mol. The zero-order valence-corrected chi connectivity index (χ0v) is 25.6. The van der Waals surface area contributed by atoms with Gasteiger partial charge in [0, 0.05) is 28.3 Å².